The topological polar surface area (TPSA) is 80.1 Å². The van der Waals surface area contributed by atoms with Crippen LogP contribution in [0.3, 0.4) is 0 Å². The lowest BCUT2D eigenvalue weighted by atomic mass is 10.0. The van der Waals surface area contributed by atoms with Crippen molar-refractivity contribution < 1.29 is 4.74 Å². The lowest BCUT2D eigenvalue weighted by molar-refractivity contribution is 0.164. The number of ether oxygens (including phenoxy) is 1. The molecule has 0 saturated carbocycles. The van der Waals surface area contributed by atoms with Crippen molar-refractivity contribution in [3.05, 3.63) is 96.1 Å². The zero-order valence-electron chi connectivity index (χ0n) is 19.0. The standard InChI is InChI=1S/C28H27N5O/c29-18-26-27(22-13-15-25(16-14-22)34-24-11-5-2-6-12-24)31-33(28(26)30)23-10-7-17-32(20-23)19-21-8-3-1-4-9-21/h1-6,8-9,11-16,23H,7,10,17,19-20,30H2/t23-/m1/s1. The van der Waals surface area contributed by atoms with Gasteiger partial charge in [0, 0.05) is 18.7 Å². The summed E-state index contributed by atoms with van der Waals surface area (Å²) in [6.45, 7) is 2.81. The molecule has 1 aliphatic heterocycles. The Morgan fingerprint density at radius 2 is 1.62 bits per heavy atom. The van der Waals surface area contributed by atoms with E-state index < -0.39 is 0 Å². The van der Waals surface area contributed by atoms with Gasteiger partial charge in [0.25, 0.3) is 0 Å². The van der Waals surface area contributed by atoms with Crippen LogP contribution in [0.15, 0.2) is 84.9 Å². The van der Waals surface area contributed by atoms with Gasteiger partial charge in [0.1, 0.15) is 34.6 Å². The van der Waals surface area contributed by atoms with Gasteiger partial charge in [-0.2, -0.15) is 10.4 Å². The van der Waals surface area contributed by atoms with E-state index in [0.717, 1.165) is 49.5 Å². The van der Waals surface area contributed by atoms with Crippen LogP contribution in [0.2, 0.25) is 0 Å². The number of hydrogen-bond donors (Lipinski definition) is 1. The number of hydrogen-bond acceptors (Lipinski definition) is 5. The highest BCUT2D eigenvalue weighted by Gasteiger charge is 2.27. The van der Waals surface area contributed by atoms with Crippen molar-refractivity contribution in [3.63, 3.8) is 0 Å². The summed E-state index contributed by atoms with van der Waals surface area (Å²) in [5.41, 5.74) is 9.64. The number of piperidine rings is 1. The summed E-state index contributed by atoms with van der Waals surface area (Å²) >= 11 is 0. The summed E-state index contributed by atoms with van der Waals surface area (Å²) in [6, 6.07) is 30.2. The van der Waals surface area contributed by atoms with Gasteiger partial charge in [0.15, 0.2) is 0 Å². The van der Waals surface area contributed by atoms with Crippen molar-refractivity contribution in [2.24, 2.45) is 0 Å². The Hall–Kier alpha value is -4.08. The molecule has 1 atom stereocenters. The Morgan fingerprint density at radius 1 is 0.941 bits per heavy atom. The second-order valence-corrected chi connectivity index (χ2v) is 8.62. The van der Waals surface area contributed by atoms with Gasteiger partial charge in [-0.05, 0) is 61.3 Å². The molecule has 1 aromatic heterocycles. The van der Waals surface area contributed by atoms with E-state index in [1.54, 1.807) is 0 Å². The van der Waals surface area contributed by atoms with E-state index in [2.05, 4.69) is 35.2 Å². The third kappa shape index (κ3) is 4.66. The van der Waals surface area contributed by atoms with Gasteiger partial charge in [-0.25, -0.2) is 4.68 Å². The molecular weight excluding hydrogens is 422 g/mol. The van der Waals surface area contributed by atoms with E-state index >= 15 is 0 Å². The first kappa shape index (κ1) is 21.7. The molecule has 1 fully saturated rings. The van der Waals surface area contributed by atoms with E-state index in [4.69, 9.17) is 15.6 Å². The normalized spacial score (nSPS) is 16.1. The van der Waals surface area contributed by atoms with Crippen LogP contribution in [-0.4, -0.2) is 27.8 Å². The fourth-order valence-electron chi connectivity index (χ4n) is 4.56. The van der Waals surface area contributed by atoms with Gasteiger partial charge < -0.3 is 10.5 Å². The molecule has 0 bridgehead atoms. The molecule has 1 saturated heterocycles. The van der Waals surface area contributed by atoms with E-state index in [1.165, 1.54) is 5.56 Å². The van der Waals surface area contributed by atoms with Crippen LogP contribution in [0.5, 0.6) is 11.5 Å². The quantitative estimate of drug-likeness (QED) is 0.412. The predicted molar refractivity (Wildman–Crippen MR) is 133 cm³/mol. The minimum atomic E-state index is 0.138. The van der Waals surface area contributed by atoms with Gasteiger partial charge in [0.05, 0.1) is 6.04 Å². The summed E-state index contributed by atoms with van der Waals surface area (Å²) in [6.07, 6.45) is 2.06. The third-order valence-electron chi connectivity index (χ3n) is 6.24. The number of aromatic nitrogens is 2. The number of nitrogens with zero attached hydrogens (tertiary/aromatic N) is 4. The van der Waals surface area contributed by atoms with Crippen LogP contribution >= 0.6 is 0 Å². The molecule has 0 unspecified atom stereocenters. The number of para-hydroxylation sites is 1. The van der Waals surface area contributed by atoms with Gasteiger partial charge in [-0.1, -0.05) is 48.5 Å². The van der Waals surface area contributed by atoms with Crippen LogP contribution in [-0.2, 0) is 6.54 Å². The average molecular weight is 450 g/mol. The van der Waals surface area contributed by atoms with Crippen molar-refractivity contribution in [3.8, 4) is 28.8 Å². The molecule has 3 aromatic carbocycles. The number of rotatable bonds is 6. The van der Waals surface area contributed by atoms with Crippen molar-refractivity contribution >= 4 is 5.82 Å². The molecule has 6 nitrogen and oxygen atoms in total. The highest BCUT2D eigenvalue weighted by Crippen LogP contribution is 2.33. The largest absolute Gasteiger partial charge is 0.457 e. The van der Waals surface area contributed by atoms with Crippen LogP contribution in [0, 0.1) is 11.3 Å². The molecule has 0 aliphatic carbocycles. The van der Waals surface area contributed by atoms with Crippen molar-refractivity contribution in [2.45, 2.75) is 25.4 Å². The Morgan fingerprint density at radius 3 is 2.32 bits per heavy atom. The first-order valence-electron chi connectivity index (χ1n) is 11.6. The number of nitrogen functional groups attached to an aromatic ring is 1. The van der Waals surface area contributed by atoms with Crippen LogP contribution in [0.1, 0.15) is 30.0 Å². The number of nitriles is 1. The Labute approximate surface area is 199 Å². The summed E-state index contributed by atoms with van der Waals surface area (Å²) in [5.74, 6) is 1.94. The molecule has 2 N–H and O–H groups in total. The van der Waals surface area contributed by atoms with Crippen LogP contribution in [0.4, 0.5) is 5.82 Å². The van der Waals surface area contributed by atoms with E-state index in [-0.39, 0.29) is 6.04 Å². The van der Waals surface area contributed by atoms with E-state index in [9.17, 15) is 5.26 Å². The molecule has 2 heterocycles. The number of nitrogens with two attached hydrogens (primary N) is 1. The third-order valence-corrected chi connectivity index (χ3v) is 6.24. The minimum absolute atomic E-state index is 0.138. The second-order valence-electron chi connectivity index (χ2n) is 8.62. The monoisotopic (exact) mass is 449 g/mol. The summed E-state index contributed by atoms with van der Waals surface area (Å²) in [7, 11) is 0. The van der Waals surface area contributed by atoms with Crippen molar-refractivity contribution in [1.29, 1.82) is 5.26 Å². The van der Waals surface area contributed by atoms with Gasteiger partial charge in [-0.3, -0.25) is 4.90 Å². The molecule has 34 heavy (non-hydrogen) atoms. The smallest absolute Gasteiger partial charge is 0.140 e. The lowest BCUT2D eigenvalue weighted by Gasteiger charge is -2.33. The molecular formula is C28H27N5O. The first-order chi connectivity index (χ1) is 16.7. The molecule has 0 radical (unpaired) electrons. The molecule has 4 aromatic rings. The highest BCUT2D eigenvalue weighted by molar-refractivity contribution is 5.73. The number of benzene rings is 3. The average Bonchev–Trinajstić information content (AvgIpc) is 3.22. The maximum absolute atomic E-state index is 9.85. The minimum Gasteiger partial charge on any atom is -0.457 e. The predicted octanol–water partition coefficient (Wildman–Crippen LogP) is 5.63. The zero-order chi connectivity index (χ0) is 23.3. The van der Waals surface area contributed by atoms with Crippen LogP contribution in [0.25, 0.3) is 11.3 Å². The fourth-order valence-corrected chi connectivity index (χ4v) is 4.56. The van der Waals surface area contributed by atoms with Gasteiger partial charge in [0.2, 0.25) is 0 Å². The Balaban J connectivity index is 1.36. The lowest BCUT2D eigenvalue weighted by Crippen LogP contribution is -2.36. The van der Waals surface area contributed by atoms with Crippen molar-refractivity contribution in [1.82, 2.24) is 14.7 Å². The summed E-state index contributed by atoms with van der Waals surface area (Å²) in [4.78, 5) is 2.44. The second kappa shape index (κ2) is 9.82. The van der Waals surface area contributed by atoms with Crippen LogP contribution < -0.4 is 10.5 Å². The van der Waals surface area contributed by atoms with Crippen molar-refractivity contribution in [2.75, 3.05) is 18.8 Å². The molecule has 5 rings (SSSR count). The fraction of sp³-hybridized carbons (Fsp3) is 0.214. The Bertz CT molecular complexity index is 1280. The molecule has 6 heteroatoms. The molecule has 0 amide bonds. The summed E-state index contributed by atoms with van der Waals surface area (Å²) in [5, 5.41) is 14.7. The summed E-state index contributed by atoms with van der Waals surface area (Å²) < 4.78 is 7.75. The molecule has 170 valence electrons. The van der Waals surface area contributed by atoms with E-state index in [1.807, 2.05) is 65.3 Å². The SMILES string of the molecule is N#Cc1c(-c2ccc(Oc3ccccc3)cc2)nn([C@@H]2CCCN(Cc3ccccc3)C2)c1N. The zero-order valence-corrected chi connectivity index (χ0v) is 19.0. The van der Waals surface area contributed by atoms with Gasteiger partial charge in [-0.15, -0.1) is 0 Å². The number of anilines is 1. The van der Waals surface area contributed by atoms with Gasteiger partial charge >= 0.3 is 0 Å². The Kier molecular flexibility index (Phi) is 6.28. The number of likely N-dealkylation sites (tertiary alicyclic amines) is 1. The molecule has 1 aliphatic rings. The maximum atomic E-state index is 9.85. The molecule has 0 spiro atoms. The highest BCUT2D eigenvalue weighted by atomic mass is 16.5. The first-order valence-corrected chi connectivity index (χ1v) is 11.6. The maximum Gasteiger partial charge on any atom is 0.140 e. The van der Waals surface area contributed by atoms with E-state index in [0.29, 0.717) is 17.1 Å².